The second-order valence-corrected chi connectivity index (χ2v) is 4.60. The maximum atomic E-state index is 12.3. The van der Waals surface area contributed by atoms with Gasteiger partial charge in [-0.25, -0.2) is 4.98 Å². The Hall–Kier alpha value is -1.92. The van der Waals surface area contributed by atoms with Gasteiger partial charge in [-0.15, -0.1) is 12.4 Å². The fraction of sp³-hybridized carbons (Fsp3) is 0.357. The Morgan fingerprint density at radius 3 is 2.90 bits per heavy atom. The number of para-hydroxylation sites is 1. The molecule has 0 atom stereocenters. The third kappa shape index (κ3) is 4.03. The molecule has 7 heteroatoms. The maximum Gasteiger partial charge on any atom is 0.261 e. The minimum absolute atomic E-state index is 0. The van der Waals surface area contributed by atoms with Crippen molar-refractivity contribution in [2.45, 2.75) is 19.9 Å². The molecule has 3 N–H and O–H groups in total. The van der Waals surface area contributed by atoms with Crippen molar-refractivity contribution >= 4 is 29.2 Å². The van der Waals surface area contributed by atoms with Crippen LogP contribution >= 0.6 is 12.4 Å². The highest BCUT2D eigenvalue weighted by molar-refractivity contribution is 5.85. The molecule has 0 unspecified atom stereocenters. The van der Waals surface area contributed by atoms with Crippen molar-refractivity contribution in [3.8, 4) is 0 Å². The van der Waals surface area contributed by atoms with Crippen LogP contribution in [0.15, 0.2) is 29.3 Å². The molecule has 2 rings (SSSR count). The van der Waals surface area contributed by atoms with Gasteiger partial charge in [0.2, 0.25) is 5.91 Å². The van der Waals surface area contributed by atoms with Gasteiger partial charge in [0.1, 0.15) is 0 Å². The van der Waals surface area contributed by atoms with E-state index >= 15 is 0 Å². The van der Waals surface area contributed by atoms with Gasteiger partial charge < -0.3 is 11.1 Å². The predicted molar refractivity (Wildman–Crippen MR) is 84.7 cm³/mol. The number of aryl methyl sites for hydroxylation is 2. The number of aromatic nitrogens is 2. The van der Waals surface area contributed by atoms with E-state index in [0.29, 0.717) is 30.5 Å². The predicted octanol–water partition coefficient (Wildman–Crippen LogP) is 0.592. The van der Waals surface area contributed by atoms with Crippen molar-refractivity contribution in [1.82, 2.24) is 14.9 Å². The summed E-state index contributed by atoms with van der Waals surface area (Å²) in [6.07, 6.45) is 1.73. The molecule has 1 heterocycles. The summed E-state index contributed by atoms with van der Waals surface area (Å²) in [5.74, 6) is -0.119. The van der Waals surface area contributed by atoms with Gasteiger partial charge in [0.25, 0.3) is 5.56 Å². The monoisotopic (exact) mass is 310 g/mol. The molecular formula is C14H19ClN4O2. The summed E-state index contributed by atoms with van der Waals surface area (Å²) >= 11 is 0. The maximum absolute atomic E-state index is 12.3. The van der Waals surface area contributed by atoms with Crippen molar-refractivity contribution in [3.05, 3.63) is 40.4 Å². The quantitative estimate of drug-likeness (QED) is 0.846. The summed E-state index contributed by atoms with van der Waals surface area (Å²) in [5, 5.41) is 3.25. The number of carbonyl (C=O) groups excluding carboxylic acids is 1. The Kier molecular flexibility index (Phi) is 6.33. The van der Waals surface area contributed by atoms with E-state index < -0.39 is 0 Å². The number of hydrogen-bond donors (Lipinski definition) is 2. The minimum Gasteiger partial charge on any atom is -0.355 e. The molecule has 0 spiro atoms. The van der Waals surface area contributed by atoms with E-state index in [1.807, 2.05) is 19.1 Å². The van der Waals surface area contributed by atoms with E-state index in [9.17, 15) is 9.59 Å². The van der Waals surface area contributed by atoms with Gasteiger partial charge in [0, 0.05) is 26.1 Å². The van der Waals surface area contributed by atoms with Crippen LogP contribution in [0.5, 0.6) is 0 Å². The van der Waals surface area contributed by atoms with Crippen LogP contribution in [-0.4, -0.2) is 28.5 Å². The van der Waals surface area contributed by atoms with Crippen molar-refractivity contribution in [3.63, 3.8) is 0 Å². The van der Waals surface area contributed by atoms with Crippen LogP contribution in [0.1, 0.15) is 12.0 Å². The van der Waals surface area contributed by atoms with Gasteiger partial charge in [0.05, 0.1) is 17.2 Å². The van der Waals surface area contributed by atoms with Crippen molar-refractivity contribution in [1.29, 1.82) is 0 Å². The lowest BCUT2D eigenvalue weighted by atomic mass is 10.1. The number of amides is 1. The Morgan fingerprint density at radius 2 is 2.19 bits per heavy atom. The van der Waals surface area contributed by atoms with Gasteiger partial charge in [-0.1, -0.05) is 12.1 Å². The molecule has 6 nitrogen and oxygen atoms in total. The molecule has 114 valence electrons. The highest BCUT2D eigenvalue weighted by Crippen LogP contribution is 2.11. The molecule has 0 saturated heterocycles. The van der Waals surface area contributed by atoms with E-state index in [0.717, 1.165) is 5.56 Å². The smallest absolute Gasteiger partial charge is 0.261 e. The SMILES string of the molecule is Cc1cccc2c(=O)n(CCC(=O)NCCN)cnc12.Cl. The molecule has 0 radical (unpaired) electrons. The number of halogens is 1. The average molecular weight is 311 g/mol. The van der Waals surface area contributed by atoms with E-state index in [1.165, 1.54) is 10.9 Å². The van der Waals surface area contributed by atoms with E-state index in [-0.39, 0.29) is 30.3 Å². The summed E-state index contributed by atoms with van der Waals surface area (Å²) < 4.78 is 1.46. The van der Waals surface area contributed by atoms with Crippen molar-refractivity contribution in [2.75, 3.05) is 13.1 Å². The largest absolute Gasteiger partial charge is 0.355 e. The molecule has 0 aliphatic heterocycles. The number of rotatable bonds is 5. The van der Waals surface area contributed by atoms with Crippen LogP contribution in [0.25, 0.3) is 10.9 Å². The molecule has 0 bridgehead atoms. The highest BCUT2D eigenvalue weighted by Gasteiger charge is 2.07. The lowest BCUT2D eigenvalue weighted by Gasteiger charge is -2.08. The fourth-order valence-corrected chi connectivity index (χ4v) is 2.02. The van der Waals surface area contributed by atoms with Crippen LogP contribution in [0.4, 0.5) is 0 Å². The molecular weight excluding hydrogens is 292 g/mol. The van der Waals surface area contributed by atoms with Gasteiger partial charge in [-0.05, 0) is 18.6 Å². The van der Waals surface area contributed by atoms with Gasteiger partial charge >= 0.3 is 0 Å². The third-order valence-corrected chi connectivity index (χ3v) is 3.10. The molecule has 0 aliphatic carbocycles. The Labute approximate surface area is 128 Å². The zero-order valence-electron chi connectivity index (χ0n) is 11.8. The van der Waals surface area contributed by atoms with E-state index in [4.69, 9.17) is 5.73 Å². The summed E-state index contributed by atoms with van der Waals surface area (Å²) in [5.41, 5.74) is 6.86. The topological polar surface area (TPSA) is 90.0 Å². The number of fused-ring (bicyclic) bond motifs is 1. The Bertz CT molecular complexity index is 684. The zero-order chi connectivity index (χ0) is 14.5. The first-order chi connectivity index (χ1) is 9.63. The third-order valence-electron chi connectivity index (χ3n) is 3.10. The lowest BCUT2D eigenvalue weighted by Crippen LogP contribution is -2.31. The molecule has 0 fully saturated rings. The standard InChI is InChI=1S/C14H18N4O2.ClH/c1-10-3-2-4-11-13(10)17-9-18(14(11)20)8-5-12(19)16-7-6-15;/h2-4,9H,5-8,15H2,1H3,(H,16,19);1H. The first kappa shape index (κ1) is 17.1. The number of carbonyl (C=O) groups is 1. The number of nitrogens with one attached hydrogen (secondary N) is 1. The van der Waals surface area contributed by atoms with Crippen LogP contribution < -0.4 is 16.6 Å². The number of nitrogens with two attached hydrogens (primary N) is 1. The van der Waals surface area contributed by atoms with Crippen molar-refractivity contribution in [2.24, 2.45) is 5.73 Å². The van der Waals surface area contributed by atoms with E-state index in [1.54, 1.807) is 6.07 Å². The second-order valence-electron chi connectivity index (χ2n) is 4.60. The zero-order valence-corrected chi connectivity index (χ0v) is 12.7. The summed E-state index contributed by atoms with van der Waals surface area (Å²) in [7, 11) is 0. The van der Waals surface area contributed by atoms with Gasteiger partial charge in [-0.3, -0.25) is 14.2 Å². The molecule has 1 amide bonds. The molecule has 1 aromatic heterocycles. The summed E-state index contributed by atoms with van der Waals surface area (Å²) in [6.45, 7) is 3.08. The highest BCUT2D eigenvalue weighted by atomic mass is 35.5. The van der Waals surface area contributed by atoms with Gasteiger partial charge in [-0.2, -0.15) is 0 Å². The Morgan fingerprint density at radius 1 is 1.43 bits per heavy atom. The molecule has 0 saturated carbocycles. The first-order valence-electron chi connectivity index (χ1n) is 6.55. The van der Waals surface area contributed by atoms with Gasteiger partial charge in [0.15, 0.2) is 0 Å². The summed E-state index contributed by atoms with van der Waals surface area (Å²) in [4.78, 5) is 28.1. The number of hydrogen-bond acceptors (Lipinski definition) is 4. The molecule has 2 aromatic rings. The number of nitrogens with zero attached hydrogens (tertiary/aromatic N) is 2. The average Bonchev–Trinajstić information content (AvgIpc) is 2.45. The summed E-state index contributed by atoms with van der Waals surface area (Å²) in [6, 6.07) is 5.50. The van der Waals surface area contributed by atoms with Crippen LogP contribution in [0.2, 0.25) is 0 Å². The molecule has 21 heavy (non-hydrogen) atoms. The van der Waals surface area contributed by atoms with Crippen LogP contribution in [0, 0.1) is 6.92 Å². The molecule has 1 aromatic carbocycles. The molecule has 0 aliphatic rings. The Balaban J connectivity index is 0.00000220. The lowest BCUT2D eigenvalue weighted by molar-refractivity contribution is -0.121. The van der Waals surface area contributed by atoms with E-state index in [2.05, 4.69) is 10.3 Å². The minimum atomic E-state index is -0.120. The van der Waals surface area contributed by atoms with Crippen LogP contribution in [-0.2, 0) is 11.3 Å². The second kappa shape index (κ2) is 7.75. The van der Waals surface area contributed by atoms with Crippen molar-refractivity contribution < 1.29 is 4.79 Å². The normalized spacial score (nSPS) is 10.2. The first-order valence-corrected chi connectivity index (χ1v) is 6.55. The van der Waals surface area contributed by atoms with Crippen LogP contribution in [0.3, 0.4) is 0 Å². The number of benzene rings is 1. The fourth-order valence-electron chi connectivity index (χ4n) is 2.02.